The fourth-order valence-electron chi connectivity index (χ4n) is 2.79. The van der Waals surface area contributed by atoms with E-state index in [0.717, 1.165) is 12.5 Å². The number of hydrogen-bond acceptors (Lipinski definition) is 8. The van der Waals surface area contributed by atoms with Crippen LogP contribution in [-0.2, 0) is 35.1 Å². The third-order valence-electron chi connectivity index (χ3n) is 4.59. The Labute approximate surface area is 188 Å². The predicted octanol–water partition coefficient (Wildman–Crippen LogP) is 1.28. The number of esters is 1. The number of carbonyl (C=O) groups is 3. The molecule has 0 radical (unpaired) electrons. The molecule has 4 N–H and O–H groups in total. The average molecular weight is 473 g/mol. The number of aryl methyl sites for hydroxylation is 1. The van der Waals surface area contributed by atoms with Gasteiger partial charge in [-0.25, -0.2) is 9.59 Å². The van der Waals surface area contributed by atoms with Crippen LogP contribution in [0.3, 0.4) is 0 Å². The third-order valence-corrected chi connectivity index (χ3v) is 4.59. The van der Waals surface area contributed by atoms with Gasteiger partial charge in [-0.05, 0) is 24.8 Å². The summed E-state index contributed by atoms with van der Waals surface area (Å²) in [4.78, 5) is 40.0. The zero-order valence-electron chi connectivity index (χ0n) is 17.9. The molecule has 0 spiro atoms. The first kappa shape index (κ1) is 26.3. The number of hydrogen-bond donors (Lipinski definition) is 3. The zero-order chi connectivity index (χ0) is 24.5. The largest absolute Gasteiger partial charge is 0.491 e. The van der Waals surface area contributed by atoms with Crippen LogP contribution in [0, 0.1) is 0 Å². The first-order valence-corrected chi connectivity index (χ1v) is 10.1. The van der Waals surface area contributed by atoms with E-state index in [1.54, 1.807) is 0 Å². The van der Waals surface area contributed by atoms with E-state index in [1.807, 2.05) is 30.3 Å². The van der Waals surface area contributed by atoms with Gasteiger partial charge in [0.25, 0.3) is 5.72 Å². The van der Waals surface area contributed by atoms with Gasteiger partial charge in [0.05, 0.1) is 18.7 Å². The minimum absolute atomic E-state index is 0.100. The van der Waals surface area contributed by atoms with Crippen LogP contribution < -0.4 is 16.5 Å². The number of hydroxylamine groups is 1. The number of alkyl halides is 3. The number of amides is 1. The fraction of sp³-hybridized carbons (Fsp3) is 0.476. The van der Waals surface area contributed by atoms with Gasteiger partial charge in [-0.1, -0.05) is 36.4 Å². The summed E-state index contributed by atoms with van der Waals surface area (Å²) in [6, 6.07) is 8.51. The second-order valence-electron chi connectivity index (χ2n) is 7.56. The lowest BCUT2D eigenvalue weighted by Crippen LogP contribution is -2.53. The van der Waals surface area contributed by atoms with E-state index in [0.29, 0.717) is 32.5 Å². The van der Waals surface area contributed by atoms with Crippen LogP contribution in [-0.4, -0.2) is 55.0 Å². The molecule has 1 fully saturated rings. The molecule has 12 heteroatoms. The molecule has 182 valence electrons. The maximum Gasteiger partial charge on any atom is 0.491 e. The lowest BCUT2D eigenvalue weighted by Gasteiger charge is -2.24. The predicted molar refractivity (Wildman–Crippen MR) is 109 cm³/mol. The number of nitrogens with one attached hydrogen (secondary N) is 2. The van der Waals surface area contributed by atoms with Crippen molar-refractivity contribution in [3.05, 3.63) is 48.0 Å². The Bertz CT molecular complexity index is 839. The minimum atomic E-state index is -5.33. The summed E-state index contributed by atoms with van der Waals surface area (Å²) in [7, 11) is 0. The van der Waals surface area contributed by atoms with Crippen LogP contribution in [0.5, 0.6) is 0 Å². The normalized spacial score (nSPS) is 19.0. The topological polar surface area (TPSA) is 129 Å². The Morgan fingerprint density at radius 1 is 1.24 bits per heavy atom. The average Bonchev–Trinajstić information content (AvgIpc) is 3.25. The Kier molecular flexibility index (Phi) is 9.38. The molecule has 0 unspecified atom stereocenters. The summed E-state index contributed by atoms with van der Waals surface area (Å²) in [5, 5.41) is 2.76. The smallest absolute Gasteiger partial charge is 0.426 e. The Morgan fingerprint density at radius 3 is 2.55 bits per heavy atom. The SMILES string of the molecule is C[C@](N)(OC(=O)C(F)(F)F)C(=O)ON[C@H](/C=C/C(=O)N[C@H]1CCOC1)CCc1ccccc1. The molecule has 0 bridgehead atoms. The second kappa shape index (κ2) is 11.8. The summed E-state index contributed by atoms with van der Waals surface area (Å²) in [5.74, 6) is -4.46. The van der Waals surface area contributed by atoms with Gasteiger partial charge in [0.2, 0.25) is 5.91 Å². The fourth-order valence-corrected chi connectivity index (χ4v) is 2.79. The standard InChI is InChI=1S/C21H26F3N3O6/c1-20(25,32-19(30)21(22,23)24)18(29)33-27-15(8-7-14-5-3-2-4-6-14)9-10-17(28)26-16-11-12-31-13-16/h2-6,9-10,15-16,27H,7-8,11-13,25H2,1H3,(H,26,28)/b10-9+/t15-,16-,20-/m0/s1. The molecule has 0 saturated carbocycles. The number of nitrogens with two attached hydrogens (primary N) is 1. The van der Waals surface area contributed by atoms with Gasteiger partial charge >= 0.3 is 18.1 Å². The highest BCUT2D eigenvalue weighted by Gasteiger charge is 2.47. The van der Waals surface area contributed by atoms with Gasteiger partial charge in [-0.3, -0.25) is 10.5 Å². The van der Waals surface area contributed by atoms with Crippen LogP contribution in [0.1, 0.15) is 25.3 Å². The third kappa shape index (κ3) is 9.20. The van der Waals surface area contributed by atoms with Crippen LogP contribution in [0.4, 0.5) is 13.2 Å². The molecule has 1 aromatic rings. The molecule has 1 aromatic carbocycles. The molecular formula is C21H26F3N3O6. The van der Waals surface area contributed by atoms with Crippen molar-refractivity contribution in [2.75, 3.05) is 13.2 Å². The van der Waals surface area contributed by atoms with Gasteiger partial charge in [-0.15, -0.1) is 5.48 Å². The van der Waals surface area contributed by atoms with E-state index in [2.05, 4.69) is 15.5 Å². The second-order valence-corrected chi connectivity index (χ2v) is 7.56. The summed E-state index contributed by atoms with van der Waals surface area (Å²) < 4.78 is 46.4. The molecule has 1 aliphatic rings. The molecule has 2 rings (SSSR count). The van der Waals surface area contributed by atoms with Crippen LogP contribution in [0.2, 0.25) is 0 Å². The lowest BCUT2D eigenvalue weighted by atomic mass is 10.1. The molecule has 9 nitrogen and oxygen atoms in total. The van der Waals surface area contributed by atoms with Crippen molar-refractivity contribution in [3.8, 4) is 0 Å². The highest BCUT2D eigenvalue weighted by atomic mass is 19.4. The Balaban J connectivity index is 1.97. The quantitative estimate of drug-likeness (QED) is 0.201. The first-order valence-electron chi connectivity index (χ1n) is 10.1. The number of ether oxygens (including phenoxy) is 2. The number of rotatable bonds is 10. The van der Waals surface area contributed by atoms with Gasteiger partial charge in [0.1, 0.15) is 0 Å². The molecule has 1 aliphatic heterocycles. The molecule has 33 heavy (non-hydrogen) atoms. The molecule has 1 amide bonds. The maximum absolute atomic E-state index is 12.4. The van der Waals surface area contributed by atoms with Gasteiger partial charge in [0, 0.05) is 19.6 Å². The summed E-state index contributed by atoms with van der Waals surface area (Å²) in [6.07, 6.45) is -1.05. The number of halogens is 3. The van der Waals surface area contributed by atoms with E-state index in [-0.39, 0.29) is 11.9 Å². The van der Waals surface area contributed by atoms with Crippen molar-refractivity contribution in [3.63, 3.8) is 0 Å². The first-order chi connectivity index (χ1) is 15.5. The summed E-state index contributed by atoms with van der Waals surface area (Å²) in [6.45, 7) is 1.73. The Morgan fingerprint density at radius 2 is 1.94 bits per heavy atom. The highest BCUT2D eigenvalue weighted by Crippen LogP contribution is 2.20. The molecular weight excluding hydrogens is 447 g/mol. The van der Waals surface area contributed by atoms with Crippen molar-refractivity contribution in [2.24, 2.45) is 5.73 Å². The molecule has 1 heterocycles. The summed E-state index contributed by atoms with van der Waals surface area (Å²) in [5.41, 5.74) is 6.02. The van der Waals surface area contributed by atoms with Crippen molar-refractivity contribution in [1.82, 2.24) is 10.8 Å². The number of benzene rings is 1. The van der Waals surface area contributed by atoms with Gasteiger partial charge in [0.15, 0.2) is 0 Å². The summed E-state index contributed by atoms with van der Waals surface area (Å²) >= 11 is 0. The zero-order valence-corrected chi connectivity index (χ0v) is 17.9. The monoisotopic (exact) mass is 473 g/mol. The van der Waals surface area contributed by atoms with E-state index in [1.165, 1.54) is 12.2 Å². The van der Waals surface area contributed by atoms with E-state index < -0.39 is 29.9 Å². The van der Waals surface area contributed by atoms with Crippen molar-refractivity contribution in [2.45, 2.75) is 50.2 Å². The van der Waals surface area contributed by atoms with Gasteiger partial charge < -0.3 is 19.6 Å². The molecule has 1 saturated heterocycles. The van der Waals surface area contributed by atoms with E-state index in [4.69, 9.17) is 15.3 Å². The minimum Gasteiger partial charge on any atom is -0.426 e. The lowest BCUT2D eigenvalue weighted by molar-refractivity contribution is -0.219. The molecule has 0 aromatic heterocycles. The van der Waals surface area contributed by atoms with Crippen molar-refractivity contribution in [1.29, 1.82) is 0 Å². The van der Waals surface area contributed by atoms with E-state index in [9.17, 15) is 27.6 Å². The van der Waals surface area contributed by atoms with Crippen LogP contribution in [0.25, 0.3) is 0 Å². The molecule has 3 atom stereocenters. The Hall–Kier alpha value is -2.96. The van der Waals surface area contributed by atoms with Crippen LogP contribution >= 0.6 is 0 Å². The number of carbonyl (C=O) groups excluding carboxylic acids is 3. The van der Waals surface area contributed by atoms with E-state index >= 15 is 0 Å². The highest BCUT2D eigenvalue weighted by molar-refractivity contribution is 5.87. The van der Waals surface area contributed by atoms with Crippen molar-refractivity contribution < 1.29 is 41.9 Å². The van der Waals surface area contributed by atoms with Gasteiger partial charge in [-0.2, -0.15) is 13.2 Å². The molecule has 0 aliphatic carbocycles. The maximum atomic E-state index is 12.4. The van der Waals surface area contributed by atoms with Crippen molar-refractivity contribution >= 4 is 17.8 Å². The van der Waals surface area contributed by atoms with Crippen LogP contribution in [0.15, 0.2) is 42.5 Å².